The molecule has 2 atom stereocenters. The maximum absolute atomic E-state index is 12.1. The van der Waals surface area contributed by atoms with Crippen LogP contribution in [0.25, 0.3) is 0 Å². The van der Waals surface area contributed by atoms with Gasteiger partial charge in [-0.15, -0.1) is 0 Å². The number of aliphatic hydroxyl groups excluding tert-OH is 1. The van der Waals surface area contributed by atoms with Crippen LogP contribution in [0.3, 0.4) is 0 Å². The smallest absolute Gasteiger partial charge is 0.326 e. The second-order valence-electron chi connectivity index (χ2n) is 6.46. The largest absolute Gasteiger partial charge is 0.480 e. The summed E-state index contributed by atoms with van der Waals surface area (Å²) in [6.45, 7) is 5.37. The van der Waals surface area contributed by atoms with E-state index in [2.05, 4.69) is 5.32 Å². The lowest BCUT2D eigenvalue weighted by molar-refractivity contribution is -0.141. The van der Waals surface area contributed by atoms with E-state index in [1.165, 1.54) is 4.90 Å². The van der Waals surface area contributed by atoms with E-state index in [1.807, 2.05) is 32.8 Å². The number of nitrogens with zero attached hydrogens (tertiary/aromatic N) is 2. The van der Waals surface area contributed by atoms with Gasteiger partial charge in [0.15, 0.2) is 0 Å². The summed E-state index contributed by atoms with van der Waals surface area (Å²) < 4.78 is 0. The van der Waals surface area contributed by atoms with Gasteiger partial charge in [-0.25, -0.2) is 9.59 Å². The molecule has 0 spiro atoms. The molecule has 0 aliphatic carbocycles. The fraction of sp³-hybridized carbons (Fsp3) is 0.846. The van der Waals surface area contributed by atoms with Gasteiger partial charge in [0.05, 0.1) is 6.10 Å². The number of likely N-dealkylation sites (tertiary alicyclic amines) is 1. The summed E-state index contributed by atoms with van der Waals surface area (Å²) in [6, 6.07) is -1.37. The monoisotopic (exact) mass is 287 g/mol. The molecular formula is C13H25N3O4. The highest BCUT2D eigenvalue weighted by Gasteiger charge is 2.39. The predicted octanol–water partition coefficient (Wildman–Crippen LogP) is -0.196. The van der Waals surface area contributed by atoms with Gasteiger partial charge >= 0.3 is 12.0 Å². The molecule has 7 heteroatoms. The third-order valence-electron chi connectivity index (χ3n) is 3.29. The number of hydrogen-bond donors (Lipinski definition) is 3. The molecule has 2 amide bonds. The van der Waals surface area contributed by atoms with Crippen molar-refractivity contribution in [2.24, 2.45) is 5.41 Å². The lowest BCUT2D eigenvalue weighted by Gasteiger charge is -2.30. The molecule has 1 fully saturated rings. The highest BCUT2D eigenvalue weighted by atomic mass is 16.4. The van der Waals surface area contributed by atoms with Gasteiger partial charge in [0, 0.05) is 26.1 Å². The molecule has 0 radical (unpaired) electrons. The molecule has 1 rings (SSSR count). The molecule has 1 aliphatic heterocycles. The number of amides is 2. The van der Waals surface area contributed by atoms with Crippen molar-refractivity contribution in [1.29, 1.82) is 0 Å². The number of β-amino-alcohol motifs (C(OH)–C–C–N with tert-alkyl or cyclic N) is 1. The molecule has 0 aromatic rings. The maximum atomic E-state index is 12.1. The van der Waals surface area contributed by atoms with E-state index in [1.54, 1.807) is 0 Å². The number of carboxylic acid groups (broad SMARTS) is 1. The predicted molar refractivity (Wildman–Crippen MR) is 74.5 cm³/mol. The molecule has 0 aromatic heterocycles. The van der Waals surface area contributed by atoms with E-state index in [4.69, 9.17) is 5.11 Å². The number of nitrogens with one attached hydrogen (secondary N) is 1. The minimum atomic E-state index is -1.08. The maximum Gasteiger partial charge on any atom is 0.326 e. The van der Waals surface area contributed by atoms with E-state index >= 15 is 0 Å². The van der Waals surface area contributed by atoms with Crippen LogP contribution in [0.4, 0.5) is 4.79 Å². The molecule has 116 valence electrons. The van der Waals surface area contributed by atoms with Gasteiger partial charge in [-0.1, -0.05) is 13.8 Å². The van der Waals surface area contributed by atoms with Crippen molar-refractivity contribution >= 4 is 12.0 Å². The van der Waals surface area contributed by atoms with Crippen molar-refractivity contribution < 1.29 is 19.8 Å². The van der Waals surface area contributed by atoms with Crippen molar-refractivity contribution in [3.05, 3.63) is 0 Å². The zero-order chi connectivity index (χ0) is 15.5. The molecule has 20 heavy (non-hydrogen) atoms. The summed E-state index contributed by atoms with van der Waals surface area (Å²) >= 11 is 0. The van der Waals surface area contributed by atoms with Gasteiger partial charge in [0.1, 0.15) is 6.04 Å². The van der Waals surface area contributed by atoms with Crippen molar-refractivity contribution in [2.45, 2.75) is 32.4 Å². The first-order valence-electron chi connectivity index (χ1n) is 6.72. The first-order chi connectivity index (χ1) is 9.12. The van der Waals surface area contributed by atoms with Crippen molar-refractivity contribution in [2.75, 3.05) is 33.7 Å². The Bertz CT molecular complexity index is 371. The Balaban J connectivity index is 2.56. The first kappa shape index (κ1) is 16.7. The molecule has 2 unspecified atom stereocenters. The summed E-state index contributed by atoms with van der Waals surface area (Å²) in [7, 11) is 3.92. The molecule has 1 aliphatic rings. The zero-order valence-electron chi connectivity index (χ0n) is 12.6. The number of urea groups is 1. The Hall–Kier alpha value is -1.34. The molecule has 3 N–H and O–H groups in total. The number of carbonyl (C=O) groups is 2. The fourth-order valence-electron chi connectivity index (χ4n) is 2.60. The van der Waals surface area contributed by atoms with Crippen LogP contribution in [0.15, 0.2) is 0 Å². The van der Waals surface area contributed by atoms with Crippen LogP contribution >= 0.6 is 0 Å². The lowest BCUT2D eigenvalue weighted by atomic mass is 9.93. The summed E-state index contributed by atoms with van der Waals surface area (Å²) in [6.07, 6.45) is -0.680. The average Bonchev–Trinajstić information content (AvgIpc) is 2.67. The molecule has 1 saturated heterocycles. The van der Waals surface area contributed by atoms with Crippen LogP contribution in [0.5, 0.6) is 0 Å². The molecule has 0 aromatic carbocycles. The lowest BCUT2D eigenvalue weighted by Crippen LogP contribution is -2.49. The Morgan fingerprint density at radius 1 is 1.40 bits per heavy atom. The fourth-order valence-corrected chi connectivity index (χ4v) is 2.60. The normalized spacial score (nSPS) is 23.2. The minimum Gasteiger partial charge on any atom is -0.480 e. The third-order valence-corrected chi connectivity index (χ3v) is 3.29. The number of aliphatic hydroxyl groups is 1. The summed E-state index contributed by atoms with van der Waals surface area (Å²) in [5, 5.41) is 21.3. The molecule has 0 bridgehead atoms. The number of hydrogen-bond acceptors (Lipinski definition) is 4. The highest BCUT2D eigenvalue weighted by Crippen LogP contribution is 2.19. The molecular weight excluding hydrogens is 262 g/mol. The van der Waals surface area contributed by atoms with Gasteiger partial charge < -0.3 is 25.3 Å². The van der Waals surface area contributed by atoms with E-state index < -0.39 is 24.1 Å². The van der Waals surface area contributed by atoms with Gasteiger partial charge in [0.2, 0.25) is 0 Å². The number of aliphatic carboxylic acids is 1. The summed E-state index contributed by atoms with van der Waals surface area (Å²) in [5.74, 6) is -1.08. The van der Waals surface area contributed by atoms with Crippen molar-refractivity contribution in [1.82, 2.24) is 15.1 Å². The van der Waals surface area contributed by atoms with E-state index in [0.29, 0.717) is 6.54 Å². The van der Waals surface area contributed by atoms with Gasteiger partial charge in [-0.05, 0) is 19.5 Å². The van der Waals surface area contributed by atoms with E-state index in [0.717, 1.165) is 6.54 Å². The Labute approximate surface area is 119 Å². The number of carboxylic acids is 1. The molecule has 7 nitrogen and oxygen atoms in total. The van der Waals surface area contributed by atoms with Gasteiger partial charge in [0.25, 0.3) is 0 Å². The van der Waals surface area contributed by atoms with Crippen molar-refractivity contribution in [3.63, 3.8) is 0 Å². The van der Waals surface area contributed by atoms with Crippen LogP contribution in [0, 0.1) is 5.41 Å². The topological polar surface area (TPSA) is 93.1 Å². The van der Waals surface area contributed by atoms with Gasteiger partial charge in [-0.2, -0.15) is 0 Å². The first-order valence-corrected chi connectivity index (χ1v) is 6.72. The van der Waals surface area contributed by atoms with Gasteiger partial charge in [-0.3, -0.25) is 0 Å². The Morgan fingerprint density at radius 3 is 2.50 bits per heavy atom. The highest BCUT2D eigenvalue weighted by molar-refractivity contribution is 5.83. The zero-order valence-corrected chi connectivity index (χ0v) is 12.6. The van der Waals surface area contributed by atoms with Crippen LogP contribution in [0.2, 0.25) is 0 Å². The van der Waals surface area contributed by atoms with Crippen LogP contribution in [-0.4, -0.2) is 77.9 Å². The quantitative estimate of drug-likeness (QED) is 0.651. The standard InChI is InChI=1S/C13H25N3O4/c1-13(2,8-15(3)4)7-14-12(20)16-6-9(17)5-10(16)11(18)19/h9-10,17H,5-8H2,1-4H3,(H,14,20)(H,18,19). The summed E-state index contributed by atoms with van der Waals surface area (Å²) in [5.41, 5.74) is -0.115. The number of carbonyl (C=O) groups excluding carboxylic acids is 1. The van der Waals surface area contributed by atoms with Crippen LogP contribution < -0.4 is 5.32 Å². The molecule has 0 saturated carbocycles. The Morgan fingerprint density at radius 2 is 2.00 bits per heavy atom. The SMILES string of the molecule is CN(C)CC(C)(C)CNC(=O)N1CC(O)CC1C(=O)O. The average molecular weight is 287 g/mol. The van der Waals surface area contributed by atoms with Crippen molar-refractivity contribution in [3.8, 4) is 0 Å². The second kappa shape index (κ2) is 6.41. The molecule has 1 heterocycles. The number of rotatable bonds is 5. The summed E-state index contributed by atoms with van der Waals surface area (Å²) in [4.78, 5) is 26.4. The second-order valence-corrected chi connectivity index (χ2v) is 6.46. The van der Waals surface area contributed by atoms with Crippen LogP contribution in [0.1, 0.15) is 20.3 Å². The van der Waals surface area contributed by atoms with E-state index in [-0.39, 0.29) is 18.4 Å². The Kier molecular flexibility index (Phi) is 5.35. The van der Waals surface area contributed by atoms with Crippen LogP contribution in [-0.2, 0) is 4.79 Å². The third kappa shape index (κ3) is 4.64. The minimum absolute atomic E-state index is 0.0664. The van der Waals surface area contributed by atoms with E-state index in [9.17, 15) is 14.7 Å².